The summed E-state index contributed by atoms with van der Waals surface area (Å²) >= 11 is 6.04. The second-order valence-electron chi connectivity index (χ2n) is 6.86. The van der Waals surface area contributed by atoms with Crippen molar-refractivity contribution in [3.63, 3.8) is 0 Å². The Labute approximate surface area is 131 Å². The van der Waals surface area contributed by atoms with E-state index in [9.17, 15) is 5.11 Å². The maximum Gasteiger partial charge on any atom is 0.0734 e. The Hall–Kier alpha value is -0.610. The smallest absolute Gasteiger partial charge is 0.0734 e. The lowest BCUT2D eigenvalue weighted by Gasteiger charge is -2.48. The first-order chi connectivity index (χ1) is 9.96. The molecule has 2 saturated heterocycles. The van der Waals surface area contributed by atoms with Crippen molar-refractivity contribution >= 4 is 11.6 Å². The zero-order valence-electron chi connectivity index (χ0n) is 12.6. The van der Waals surface area contributed by atoms with Crippen molar-refractivity contribution < 1.29 is 9.84 Å². The zero-order chi connectivity index (χ0) is 14.9. The van der Waals surface area contributed by atoms with Crippen LogP contribution in [0.5, 0.6) is 0 Å². The Morgan fingerprint density at radius 3 is 2.71 bits per heavy atom. The number of rotatable bonds is 2. The number of aliphatic hydroxyl groups is 1. The van der Waals surface area contributed by atoms with E-state index in [2.05, 4.69) is 11.0 Å². The molecule has 1 spiro atoms. The molecule has 0 aliphatic carbocycles. The maximum absolute atomic E-state index is 10.3. The number of hydrogen-bond donors (Lipinski definition) is 1. The first kappa shape index (κ1) is 15.3. The molecule has 1 atom stereocenters. The molecule has 2 heterocycles. The van der Waals surface area contributed by atoms with Gasteiger partial charge in [-0.25, -0.2) is 0 Å². The highest BCUT2D eigenvalue weighted by Crippen LogP contribution is 2.39. The summed E-state index contributed by atoms with van der Waals surface area (Å²) < 4.78 is 6.05. The molecule has 3 rings (SSSR count). The van der Waals surface area contributed by atoms with Gasteiger partial charge in [-0.05, 0) is 43.9 Å². The number of hydrogen-bond acceptors (Lipinski definition) is 3. The summed E-state index contributed by atoms with van der Waals surface area (Å²) in [5.41, 5.74) is 0.593. The summed E-state index contributed by atoms with van der Waals surface area (Å²) in [6.45, 7) is 5.59. The molecule has 116 valence electrons. The van der Waals surface area contributed by atoms with Gasteiger partial charge in [-0.2, -0.15) is 0 Å². The van der Waals surface area contributed by atoms with E-state index in [4.69, 9.17) is 16.3 Å². The predicted molar refractivity (Wildman–Crippen MR) is 84.5 cm³/mol. The normalized spacial score (nSPS) is 29.7. The van der Waals surface area contributed by atoms with E-state index in [1.807, 2.05) is 25.1 Å². The van der Waals surface area contributed by atoms with Crippen molar-refractivity contribution in [2.45, 2.75) is 50.4 Å². The molecular weight excluding hydrogens is 286 g/mol. The number of likely N-dealkylation sites (tertiary alicyclic amines) is 1. The van der Waals surface area contributed by atoms with Crippen LogP contribution in [0.2, 0.25) is 5.02 Å². The second kappa shape index (κ2) is 5.88. The molecule has 0 amide bonds. The molecule has 2 fully saturated rings. The van der Waals surface area contributed by atoms with Crippen molar-refractivity contribution in [1.29, 1.82) is 0 Å². The van der Waals surface area contributed by atoms with Gasteiger partial charge in [-0.3, -0.25) is 4.90 Å². The summed E-state index contributed by atoms with van der Waals surface area (Å²) in [6, 6.07) is 8.07. The summed E-state index contributed by atoms with van der Waals surface area (Å²) in [5, 5.41) is 11.1. The highest BCUT2D eigenvalue weighted by atomic mass is 35.5. The summed E-state index contributed by atoms with van der Waals surface area (Å²) in [4.78, 5) is 2.45. The molecule has 0 saturated carbocycles. The standard InChI is InChI=1S/C17H24ClNO2/c1-16(20)7-10-21-17(13-16)5-8-19(9-6-17)12-14-3-2-4-15(18)11-14/h2-4,11,20H,5-10,12-13H2,1H3. The van der Waals surface area contributed by atoms with Gasteiger partial charge in [-0.1, -0.05) is 23.7 Å². The van der Waals surface area contributed by atoms with Gasteiger partial charge >= 0.3 is 0 Å². The van der Waals surface area contributed by atoms with E-state index < -0.39 is 5.60 Å². The maximum atomic E-state index is 10.3. The minimum absolute atomic E-state index is 0.105. The van der Waals surface area contributed by atoms with Crippen molar-refractivity contribution in [3.05, 3.63) is 34.9 Å². The van der Waals surface area contributed by atoms with Gasteiger partial charge in [0.05, 0.1) is 17.8 Å². The van der Waals surface area contributed by atoms with Gasteiger partial charge in [0.15, 0.2) is 0 Å². The van der Waals surface area contributed by atoms with Crippen LogP contribution in [0.3, 0.4) is 0 Å². The first-order valence-corrected chi connectivity index (χ1v) is 8.17. The predicted octanol–water partition coefficient (Wildman–Crippen LogP) is 3.24. The van der Waals surface area contributed by atoms with E-state index in [1.165, 1.54) is 5.56 Å². The minimum Gasteiger partial charge on any atom is -0.390 e. The Morgan fingerprint density at radius 2 is 2.05 bits per heavy atom. The lowest BCUT2D eigenvalue weighted by Crippen LogP contribution is -2.53. The van der Waals surface area contributed by atoms with Crippen LogP contribution in [0.15, 0.2) is 24.3 Å². The molecule has 1 N–H and O–H groups in total. The van der Waals surface area contributed by atoms with Gasteiger partial charge in [0, 0.05) is 31.1 Å². The van der Waals surface area contributed by atoms with E-state index in [0.717, 1.165) is 50.3 Å². The first-order valence-electron chi connectivity index (χ1n) is 7.80. The Bertz CT molecular complexity index is 495. The monoisotopic (exact) mass is 309 g/mol. The van der Waals surface area contributed by atoms with Gasteiger partial charge in [0.25, 0.3) is 0 Å². The van der Waals surface area contributed by atoms with Gasteiger partial charge < -0.3 is 9.84 Å². The van der Waals surface area contributed by atoms with Crippen LogP contribution in [-0.2, 0) is 11.3 Å². The van der Waals surface area contributed by atoms with Crippen LogP contribution in [0, 0.1) is 0 Å². The SMILES string of the molecule is CC1(O)CCOC2(CCN(Cc3cccc(Cl)c3)CC2)C1. The fourth-order valence-electron chi connectivity index (χ4n) is 3.65. The minimum atomic E-state index is -0.562. The molecule has 2 aliphatic heterocycles. The average molecular weight is 310 g/mol. The Morgan fingerprint density at radius 1 is 1.29 bits per heavy atom. The lowest BCUT2D eigenvalue weighted by atomic mass is 9.78. The highest BCUT2D eigenvalue weighted by molar-refractivity contribution is 6.30. The Kier molecular flexibility index (Phi) is 4.28. The fourth-order valence-corrected chi connectivity index (χ4v) is 3.87. The van der Waals surface area contributed by atoms with Crippen LogP contribution in [0.4, 0.5) is 0 Å². The van der Waals surface area contributed by atoms with E-state index in [1.54, 1.807) is 0 Å². The topological polar surface area (TPSA) is 32.7 Å². The average Bonchev–Trinajstić information content (AvgIpc) is 2.41. The van der Waals surface area contributed by atoms with Crippen molar-refractivity contribution in [3.8, 4) is 0 Å². The van der Waals surface area contributed by atoms with Crippen molar-refractivity contribution in [1.82, 2.24) is 4.90 Å². The van der Waals surface area contributed by atoms with Crippen LogP contribution in [0.1, 0.15) is 38.2 Å². The molecular formula is C17H24ClNO2. The molecule has 1 unspecified atom stereocenters. The summed E-state index contributed by atoms with van der Waals surface area (Å²) in [7, 11) is 0. The number of benzene rings is 1. The number of ether oxygens (including phenoxy) is 1. The van der Waals surface area contributed by atoms with Crippen LogP contribution in [-0.4, -0.2) is 40.9 Å². The van der Waals surface area contributed by atoms with Gasteiger partial charge in [0.1, 0.15) is 0 Å². The molecule has 1 aromatic carbocycles. The lowest BCUT2D eigenvalue weighted by molar-refractivity contribution is -0.173. The summed E-state index contributed by atoms with van der Waals surface area (Å²) in [5.74, 6) is 0. The molecule has 1 aromatic rings. The molecule has 0 aromatic heterocycles. The molecule has 0 bridgehead atoms. The second-order valence-corrected chi connectivity index (χ2v) is 7.30. The van der Waals surface area contributed by atoms with Crippen LogP contribution in [0.25, 0.3) is 0 Å². The molecule has 3 nitrogen and oxygen atoms in total. The zero-order valence-corrected chi connectivity index (χ0v) is 13.4. The molecule has 2 aliphatic rings. The number of piperidine rings is 1. The van der Waals surface area contributed by atoms with E-state index >= 15 is 0 Å². The quantitative estimate of drug-likeness (QED) is 0.910. The molecule has 4 heteroatoms. The fraction of sp³-hybridized carbons (Fsp3) is 0.647. The van der Waals surface area contributed by atoms with Crippen molar-refractivity contribution in [2.24, 2.45) is 0 Å². The molecule has 21 heavy (non-hydrogen) atoms. The third-order valence-corrected chi connectivity index (χ3v) is 5.05. The summed E-state index contributed by atoms with van der Waals surface area (Å²) in [6.07, 6.45) is 3.53. The Balaban J connectivity index is 1.58. The van der Waals surface area contributed by atoms with E-state index in [0.29, 0.717) is 6.61 Å². The van der Waals surface area contributed by atoms with Crippen LogP contribution >= 0.6 is 11.6 Å². The van der Waals surface area contributed by atoms with Crippen molar-refractivity contribution in [2.75, 3.05) is 19.7 Å². The molecule has 0 radical (unpaired) electrons. The van der Waals surface area contributed by atoms with Gasteiger partial charge in [-0.15, -0.1) is 0 Å². The largest absolute Gasteiger partial charge is 0.390 e. The highest BCUT2D eigenvalue weighted by Gasteiger charge is 2.44. The third kappa shape index (κ3) is 3.78. The van der Waals surface area contributed by atoms with Crippen LogP contribution < -0.4 is 0 Å². The number of halogens is 1. The van der Waals surface area contributed by atoms with Gasteiger partial charge in [0.2, 0.25) is 0 Å². The third-order valence-electron chi connectivity index (χ3n) is 4.81. The van der Waals surface area contributed by atoms with E-state index in [-0.39, 0.29) is 5.60 Å². The number of nitrogens with zero attached hydrogens (tertiary/aromatic N) is 1.